The van der Waals surface area contributed by atoms with Gasteiger partial charge in [0.2, 0.25) is 5.91 Å². The van der Waals surface area contributed by atoms with Crippen LogP contribution >= 0.6 is 0 Å². The highest BCUT2D eigenvalue weighted by Gasteiger charge is 2.29. The van der Waals surface area contributed by atoms with Crippen molar-refractivity contribution in [2.24, 2.45) is 5.92 Å². The average molecular weight is 275 g/mol. The van der Waals surface area contributed by atoms with E-state index in [2.05, 4.69) is 22.9 Å². The lowest BCUT2D eigenvalue weighted by molar-refractivity contribution is -0.117. The second kappa shape index (κ2) is 6.93. The summed E-state index contributed by atoms with van der Waals surface area (Å²) >= 11 is 0. The van der Waals surface area contributed by atoms with Crippen molar-refractivity contribution >= 4 is 23.3 Å². The first-order valence-corrected chi connectivity index (χ1v) is 7.15. The predicted molar refractivity (Wildman–Crippen MR) is 79.7 cm³/mol. The topological polar surface area (TPSA) is 70.2 Å². The van der Waals surface area contributed by atoms with Gasteiger partial charge in [0.15, 0.2) is 0 Å². The van der Waals surface area contributed by atoms with Crippen LogP contribution in [0.25, 0.3) is 0 Å². The van der Waals surface area contributed by atoms with E-state index in [1.807, 2.05) is 0 Å². The van der Waals surface area contributed by atoms with E-state index >= 15 is 0 Å². The van der Waals surface area contributed by atoms with Gasteiger partial charge in [0, 0.05) is 23.8 Å². The molecule has 5 heteroatoms. The quantitative estimate of drug-likeness (QED) is 0.698. The van der Waals surface area contributed by atoms with Gasteiger partial charge in [0.05, 0.1) is 0 Å². The van der Waals surface area contributed by atoms with Crippen molar-refractivity contribution in [1.82, 2.24) is 5.32 Å². The van der Waals surface area contributed by atoms with Gasteiger partial charge in [-0.25, -0.2) is 4.79 Å². The highest BCUT2D eigenvalue weighted by atomic mass is 16.2. The molecule has 0 atom stereocenters. The Kier molecular flexibility index (Phi) is 4.98. The minimum Gasteiger partial charge on any atom is -0.338 e. The second-order valence-electron chi connectivity index (χ2n) is 5.08. The zero-order chi connectivity index (χ0) is 14.4. The molecule has 1 aliphatic rings. The van der Waals surface area contributed by atoms with Crippen molar-refractivity contribution in [1.29, 1.82) is 0 Å². The van der Waals surface area contributed by atoms with Crippen LogP contribution in [0.2, 0.25) is 0 Å². The fraction of sp³-hybridized carbons (Fsp3) is 0.467. The maximum Gasteiger partial charge on any atom is 0.319 e. The van der Waals surface area contributed by atoms with Gasteiger partial charge in [-0.3, -0.25) is 4.79 Å². The van der Waals surface area contributed by atoms with E-state index in [-0.39, 0.29) is 17.9 Å². The number of unbranched alkanes of at least 4 members (excludes halogenated alkanes) is 1. The van der Waals surface area contributed by atoms with E-state index < -0.39 is 0 Å². The Morgan fingerprint density at radius 1 is 1.10 bits per heavy atom. The molecular weight excluding hydrogens is 254 g/mol. The molecule has 0 unspecified atom stereocenters. The normalized spacial score (nSPS) is 13.7. The summed E-state index contributed by atoms with van der Waals surface area (Å²) in [6, 6.07) is 6.95. The Balaban J connectivity index is 1.78. The van der Waals surface area contributed by atoms with Crippen LogP contribution in [-0.2, 0) is 4.79 Å². The summed E-state index contributed by atoms with van der Waals surface area (Å²) in [5, 5.41) is 8.40. The molecule has 1 saturated carbocycles. The molecule has 0 radical (unpaired) electrons. The van der Waals surface area contributed by atoms with Gasteiger partial charge in [0.1, 0.15) is 0 Å². The smallest absolute Gasteiger partial charge is 0.319 e. The van der Waals surface area contributed by atoms with E-state index in [0.717, 1.165) is 31.4 Å². The second-order valence-corrected chi connectivity index (χ2v) is 5.08. The third-order valence-electron chi connectivity index (χ3n) is 3.17. The number of carbonyl (C=O) groups excluding carboxylic acids is 2. The molecule has 0 aromatic heterocycles. The van der Waals surface area contributed by atoms with Gasteiger partial charge < -0.3 is 16.0 Å². The summed E-state index contributed by atoms with van der Waals surface area (Å²) in [5.74, 6) is 0.278. The Morgan fingerprint density at radius 2 is 1.70 bits per heavy atom. The van der Waals surface area contributed by atoms with Crippen LogP contribution in [0.3, 0.4) is 0 Å². The molecule has 0 saturated heterocycles. The first kappa shape index (κ1) is 14.4. The van der Waals surface area contributed by atoms with Crippen molar-refractivity contribution in [3.8, 4) is 0 Å². The lowest BCUT2D eigenvalue weighted by Crippen LogP contribution is -2.29. The Morgan fingerprint density at radius 3 is 2.25 bits per heavy atom. The van der Waals surface area contributed by atoms with Crippen LogP contribution in [0.1, 0.15) is 32.6 Å². The fourth-order valence-electron chi connectivity index (χ4n) is 1.78. The largest absolute Gasteiger partial charge is 0.338 e. The van der Waals surface area contributed by atoms with Crippen molar-refractivity contribution in [3.63, 3.8) is 0 Å². The van der Waals surface area contributed by atoms with Crippen LogP contribution in [0.4, 0.5) is 16.2 Å². The molecular formula is C15H21N3O2. The molecule has 20 heavy (non-hydrogen) atoms. The van der Waals surface area contributed by atoms with Crippen molar-refractivity contribution in [3.05, 3.63) is 24.3 Å². The zero-order valence-corrected chi connectivity index (χ0v) is 11.7. The van der Waals surface area contributed by atoms with Crippen LogP contribution in [0.15, 0.2) is 24.3 Å². The molecule has 0 spiro atoms. The highest BCUT2D eigenvalue weighted by molar-refractivity contribution is 5.94. The Bertz CT molecular complexity index is 467. The van der Waals surface area contributed by atoms with Gasteiger partial charge in [-0.1, -0.05) is 13.3 Å². The summed E-state index contributed by atoms with van der Waals surface area (Å²) < 4.78 is 0. The number of hydrogen-bond donors (Lipinski definition) is 3. The Hall–Kier alpha value is -2.04. The third kappa shape index (κ3) is 4.57. The number of benzene rings is 1. The summed E-state index contributed by atoms with van der Waals surface area (Å²) in [7, 11) is 0. The van der Waals surface area contributed by atoms with Gasteiger partial charge >= 0.3 is 6.03 Å². The van der Waals surface area contributed by atoms with Crippen molar-refractivity contribution in [2.45, 2.75) is 32.6 Å². The number of urea groups is 1. The van der Waals surface area contributed by atoms with Crippen LogP contribution in [-0.4, -0.2) is 18.5 Å². The average Bonchev–Trinajstić information content (AvgIpc) is 3.26. The Labute approximate surface area is 119 Å². The lowest BCUT2D eigenvalue weighted by Gasteiger charge is -2.08. The third-order valence-corrected chi connectivity index (χ3v) is 3.17. The maximum absolute atomic E-state index is 11.6. The van der Waals surface area contributed by atoms with Crippen LogP contribution < -0.4 is 16.0 Å². The van der Waals surface area contributed by atoms with E-state index in [0.29, 0.717) is 12.2 Å². The van der Waals surface area contributed by atoms with Crippen molar-refractivity contribution < 1.29 is 9.59 Å². The standard InChI is InChI=1S/C15H21N3O2/c1-2-3-10-16-15(20)18-13-8-6-12(7-9-13)17-14(19)11-4-5-11/h6-9,11H,2-5,10H2,1H3,(H,17,19)(H2,16,18,20). The first-order valence-electron chi connectivity index (χ1n) is 7.15. The number of rotatable bonds is 6. The molecule has 1 aliphatic carbocycles. The minimum atomic E-state index is -0.201. The number of anilines is 2. The highest BCUT2D eigenvalue weighted by Crippen LogP contribution is 2.30. The van der Waals surface area contributed by atoms with E-state index in [1.54, 1.807) is 24.3 Å². The van der Waals surface area contributed by atoms with E-state index in [1.165, 1.54) is 0 Å². The molecule has 1 fully saturated rings. The molecule has 5 nitrogen and oxygen atoms in total. The molecule has 3 amide bonds. The first-order chi connectivity index (χ1) is 9.69. The molecule has 0 bridgehead atoms. The molecule has 2 rings (SSSR count). The summed E-state index contributed by atoms with van der Waals surface area (Å²) in [4.78, 5) is 23.1. The molecule has 1 aromatic carbocycles. The minimum absolute atomic E-state index is 0.0861. The van der Waals surface area contributed by atoms with E-state index in [9.17, 15) is 9.59 Å². The molecule has 108 valence electrons. The van der Waals surface area contributed by atoms with Crippen LogP contribution in [0, 0.1) is 5.92 Å². The summed E-state index contributed by atoms with van der Waals surface area (Å²) in [6.45, 7) is 2.76. The van der Waals surface area contributed by atoms with Crippen LogP contribution in [0.5, 0.6) is 0 Å². The summed E-state index contributed by atoms with van der Waals surface area (Å²) in [6.07, 6.45) is 4.00. The monoisotopic (exact) mass is 275 g/mol. The molecule has 0 heterocycles. The number of carbonyl (C=O) groups is 2. The van der Waals surface area contributed by atoms with Gasteiger partial charge in [-0.2, -0.15) is 0 Å². The number of amides is 3. The maximum atomic E-state index is 11.6. The molecule has 1 aromatic rings. The number of hydrogen-bond acceptors (Lipinski definition) is 2. The molecule has 0 aliphatic heterocycles. The summed E-state index contributed by atoms with van der Waals surface area (Å²) in [5.41, 5.74) is 1.47. The van der Waals surface area contributed by atoms with Gasteiger partial charge in [-0.05, 0) is 43.5 Å². The number of nitrogens with one attached hydrogen (secondary N) is 3. The van der Waals surface area contributed by atoms with Gasteiger partial charge in [0.25, 0.3) is 0 Å². The predicted octanol–water partition coefficient (Wildman–Crippen LogP) is 2.96. The van der Waals surface area contributed by atoms with E-state index in [4.69, 9.17) is 0 Å². The molecule has 3 N–H and O–H groups in total. The zero-order valence-electron chi connectivity index (χ0n) is 11.7. The fourth-order valence-corrected chi connectivity index (χ4v) is 1.78. The van der Waals surface area contributed by atoms with Gasteiger partial charge in [-0.15, -0.1) is 0 Å². The van der Waals surface area contributed by atoms with Crippen molar-refractivity contribution in [2.75, 3.05) is 17.2 Å². The lowest BCUT2D eigenvalue weighted by atomic mass is 10.2. The SMILES string of the molecule is CCCCNC(=O)Nc1ccc(NC(=O)C2CC2)cc1.